The van der Waals surface area contributed by atoms with Gasteiger partial charge < -0.3 is 10.1 Å². The van der Waals surface area contributed by atoms with Gasteiger partial charge in [-0.05, 0) is 44.0 Å². The van der Waals surface area contributed by atoms with Crippen molar-refractivity contribution in [3.8, 4) is 5.75 Å². The van der Waals surface area contributed by atoms with Gasteiger partial charge in [-0.1, -0.05) is 24.1 Å². The Balaban J connectivity index is 1.85. The molecule has 1 aliphatic carbocycles. The lowest BCUT2D eigenvalue weighted by Crippen LogP contribution is -2.41. The number of ether oxygens (including phenoxy) is 1. The monoisotopic (exact) mass is 239 g/mol. The van der Waals surface area contributed by atoms with Crippen molar-refractivity contribution in [1.82, 2.24) is 5.32 Å². The minimum absolute atomic E-state index is 0.465. The lowest BCUT2D eigenvalue weighted by molar-refractivity contribution is 0.168. The summed E-state index contributed by atoms with van der Waals surface area (Å²) in [7, 11) is 2.00. The summed E-state index contributed by atoms with van der Waals surface area (Å²) in [4.78, 5) is 0. The van der Waals surface area contributed by atoms with Crippen molar-refractivity contribution in [3.05, 3.63) is 29.3 Å². The average Bonchev–Trinajstić information content (AvgIpc) is 2.21. The molecule has 1 saturated carbocycles. The quantitative estimate of drug-likeness (QED) is 0.853. The Morgan fingerprint density at radius 3 is 2.88 bits per heavy atom. The van der Waals surface area contributed by atoms with Gasteiger partial charge in [-0.2, -0.15) is 0 Å². The zero-order chi connectivity index (χ0) is 11.4. The van der Waals surface area contributed by atoms with Crippen LogP contribution in [0.3, 0.4) is 0 Å². The molecule has 0 amide bonds. The largest absolute Gasteiger partial charge is 0.492 e. The van der Waals surface area contributed by atoms with Crippen molar-refractivity contribution in [2.75, 3.05) is 13.7 Å². The van der Waals surface area contributed by atoms with E-state index < -0.39 is 0 Å². The lowest BCUT2D eigenvalue weighted by atomic mass is 9.80. The fraction of sp³-hybridized carbons (Fsp3) is 0.538. The molecular weight excluding hydrogens is 222 g/mol. The van der Waals surface area contributed by atoms with Crippen molar-refractivity contribution in [2.45, 2.75) is 25.3 Å². The highest BCUT2D eigenvalue weighted by Gasteiger charge is 2.26. The molecule has 0 aromatic heterocycles. The normalized spacial score (nSPS) is 17.9. The summed E-state index contributed by atoms with van der Waals surface area (Å²) >= 11 is 5.90. The van der Waals surface area contributed by atoms with Gasteiger partial charge in [-0.3, -0.25) is 0 Å². The Kier molecular flexibility index (Phi) is 4.08. The van der Waals surface area contributed by atoms with Crippen LogP contribution in [0.4, 0.5) is 0 Å². The van der Waals surface area contributed by atoms with E-state index in [1.165, 1.54) is 19.3 Å². The van der Waals surface area contributed by atoms with E-state index >= 15 is 0 Å². The van der Waals surface area contributed by atoms with Gasteiger partial charge in [-0.15, -0.1) is 0 Å². The summed E-state index contributed by atoms with van der Waals surface area (Å²) in [6.07, 6.45) is 4.01. The molecule has 0 radical (unpaired) electrons. The molecule has 0 saturated heterocycles. The summed E-state index contributed by atoms with van der Waals surface area (Å²) in [6, 6.07) is 8.03. The van der Waals surface area contributed by atoms with E-state index in [4.69, 9.17) is 16.3 Å². The van der Waals surface area contributed by atoms with Crippen LogP contribution >= 0.6 is 11.6 Å². The first kappa shape index (κ1) is 11.7. The van der Waals surface area contributed by atoms with Gasteiger partial charge in [0.2, 0.25) is 0 Å². The Bertz CT molecular complexity index is 338. The second-order valence-corrected chi connectivity index (χ2v) is 4.79. The SMILES string of the molecule is CNC(COc1cccc(Cl)c1)C1CCC1. The summed E-state index contributed by atoms with van der Waals surface area (Å²) in [5.41, 5.74) is 0. The molecule has 1 fully saturated rings. The molecule has 2 rings (SSSR count). The maximum absolute atomic E-state index is 5.90. The minimum Gasteiger partial charge on any atom is -0.492 e. The Morgan fingerprint density at radius 1 is 1.50 bits per heavy atom. The number of halogens is 1. The van der Waals surface area contributed by atoms with E-state index in [1.54, 1.807) is 0 Å². The molecule has 1 N–H and O–H groups in total. The fourth-order valence-corrected chi connectivity index (χ4v) is 2.22. The van der Waals surface area contributed by atoms with Gasteiger partial charge in [0.05, 0.1) is 0 Å². The molecule has 0 spiro atoms. The molecule has 1 aromatic carbocycles. The van der Waals surface area contributed by atoms with E-state index in [1.807, 2.05) is 31.3 Å². The van der Waals surface area contributed by atoms with Crippen LogP contribution in [-0.4, -0.2) is 19.7 Å². The second-order valence-electron chi connectivity index (χ2n) is 4.35. The highest BCUT2D eigenvalue weighted by molar-refractivity contribution is 6.30. The summed E-state index contributed by atoms with van der Waals surface area (Å²) in [5, 5.41) is 4.06. The smallest absolute Gasteiger partial charge is 0.120 e. The molecule has 16 heavy (non-hydrogen) atoms. The third kappa shape index (κ3) is 2.89. The van der Waals surface area contributed by atoms with Gasteiger partial charge in [0, 0.05) is 11.1 Å². The van der Waals surface area contributed by atoms with E-state index in [0.29, 0.717) is 6.04 Å². The predicted molar refractivity (Wildman–Crippen MR) is 67.1 cm³/mol. The molecule has 88 valence electrons. The summed E-state index contributed by atoms with van der Waals surface area (Å²) in [5.74, 6) is 1.64. The van der Waals surface area contributed by atoms with Crippen LogP contribution in [-0.2, 0) is 0 Å². The maximum atomic E-state index is 5.90. The molecule has 2 nitrogen and oxygen atoms in total. The predicted octanol–water partition coefficient (Wildman–Crippen LogP) is 3.11. The molecule has 1 unspecified atom stereocenters. The third-order valence-electron chi connectivity index (χ3n) is 3.32. The maximum Gasteiger partial charge on any atom is 0.120 e. The number of likely N-dealkylation sites (N-methyl/N-ethyl adjacent to an activating group) is 1. The summed E-state index contributed by atoms with van der Waals surface area (Å²) in [6.45, 7) is 0.724. The first-order valence-corrected chi connectivity index (χ1v) is 6.23. The standard InChI is InChI=1S/C13H18ClNO/c1-15-13(10-4-2-5-10)9-16-12-7-3-6-11(14)8-12/h3,6-8,10,13,15H,2,4-5,9H2,1H3. The first-order chi connectivity index (χ1) is 7.79. The zero-order valence-electron chi connectivity index (χ0n) is 9.58. The Morgan fingerprint density at radius 2 is 2.31 bits per heavy atom. The van der Waals surface area contributed by atoms with Gasteiger partial charge in [0.25, 0.3) is 0 Å². The van der Waals surface area contributed by atoms with E-state index in [0.717, 1.165) is 23.3 Å². The van der Waals surface area contributed by atoms with Crippen LogP contribution in [0.5, 0.6) is 5.75 Å². The van der Waals surface area contributed by atoms with Crippen LogP contribution in [0.15, 0.2) is 24.3 Å². The number of hydrogen-bond donors (Lipinski definition) is 1. The highest BCUT2D eigenvalue weighted by Crippen LogP contribution is 2.30. The van der Waals surface area contributed by atoms with Crippen LogP contribution in [0.2, 0.25) is 5.02 Å². The van der Waals surface area contributed by atoms with Crippen LogP contribution < -0.4 is 10.1 Å². The summed E-state index contributed by atoms with van der Waals surface area (Å²) < 4.78 is 5.75. The van der Waals surface area contributed by atoms with Crippen molar-refractivity contribution in [3.63, 3.8) is 0 Å². The number of benzene rings is 1. The minimum atomic E-state index is 0.465. The van der Waals surface area contributed by atoms with E-state index in [-0.39, 0.29) is 0 Å². The lowest BCUT2D eigenvalue weighted by Gasteiger charge is -2.33. The molecule has 0 bridgehead atoms. The van der Waals surface area contributed by atoms with Crippen LogP contribution in [0.1, 0.15) is 19.3 Å². The van der Waals surface area contributed by atoms with Gasteiger partial charge in [0.1, 0.15) is 12.4 Å². The van der Waals surface area contributed by atoms with Crippen molar-refractivity contribution < 1.29 is 4.74 Å². The number of nitrogens with one attached hydrogen (secondary N) is 1. The molecule has 1 aliphatic rings. The van der Waals surface area contributed by atoms with Gasteiger partial charge in [0.15, 0.2) is 0 Å². The Labute approximate surface area is 102 Å². The Hall–Kier alpha value is -0.730. The molecule has 3 heteroatoms. The molecular formula is C13H18ClNO. The van der Waals surface area contributed by atoms with E-state index in [9.17, 15) is 0 Å². The molecule has 0 aliphatic heterocycles. The zero-order valence-corrected chi connectivity index (χ0v) is 10.3. The third-order valence-corrected chi connectivity index (χ3v) is 3.55. The fourth-order valence-electron chi connectivity index (χ4n) is 2.04. The van der Waals surface area contributed by atoms with Gasteiger partial charge >= 0.3 is 0 Å². The van der Waals surface area contributed by atoms with Crippen molar-refractivity contribution >= 4 is 11.6 Å². The number of hydrogen-bond acceptors (Lipinski definition) is 2. The van der Waals surface area contributed by atoms with Gasteiger partial charge in [-0.25, -0.2) is 0 Å². The van der Waals surface area contributed by atoms with E-state index in [2.05, 4.69) is 5.32 Å². The second kappa shape index (κ2) is 5.55. The molecule has 1 atom stereocenters. The first-order valence-electron chi connectivity index (χ1n) is 5.85. The topological polar surface area (TPSA) is 21.3 Å². The number of rotatable bonds is 5. The molecule has 1 aromatic rings. The van der Waals surface area contributed by atoms with Crippen LogP contribution in [0.25, 0.3) is 0 Å². The van der Waals surface area contributed by atoms with Crippen molar-refractivity contribution in [2.24, 2.45) is 5.92 Å². The molecule has 0 heterocycles. The average molecular weight is 240 g/mol. The highest BCUT2D eigenvalue weighted by atomic mass is 35.5. The van der Waals surface area contributed by atoms with Crippen molar-refractivity contribution in [1.29, 1.82) is 0 Å². The van der Waals surface area contributed by atoms with Crippen LogP contribution in [0, 0.1) is 5.92 Å².